The lowest BCUT2D eigenvalue weighted by Gasteiger charge is -2.09. The van der Waals surface area contributed by atoms with E-state index >= 15 is 0 Å². The number of halogens is 3. The van der Waals surface area contributed by atoms with Crippen LogP contribution in [0.4, 0.5) is 13.2 Å². The highest BCUT2D eigenvalue weighted by Crippen LogP contribution is 2.41. The molecule has 3 aromatic rings. The van der Waals surface area contributed by atoms with E-state index in [9.17, 15) is 18.0 Å². The van der Waals surface area contributed by atoms with E-state index in [0.29, 0.717) is 17.1 Å². The molecule has 0 aliphatic heterocycles. The zero-order valence-electron chi connectivity index (χ0n) is 16.6. The van der Waals surface area contributed by atoms with Gasteiger partial charge in [-0.3, -0.25) is 0 Å². The average molecular weight is 430 g/mol. The summed E-state index contributed by atoms with van der Waals surface area (Å²) in [5.74, 6) is -0.164. The first-order valence-electron chi connectivity index (χ1n) is 9.34. The zero-order valence-corrected chi connectivity index (χ0v) is 16.6. The minimum absolute atomic E-state index is 0.0214. The van der Waals surface area contributed by atoms with Crippen LogP contribution in [0.1, 0.15) is 41.5 Å². The maximum absolute atomic E-state index is 13.3. The number of esters is 1. The van der Waals surface area contributed by atoms with Crippen molar-refractivity contribution in [3.8, 4) is 11.4 Å². The molecule has 3 aromatic heterocycles. The van der Waals surface area contributed by atoms with Crippen molar-refractivity contribution in [1.82, 2.24) is 29.7 Å². The van der Waals surface area contributed by atoms with Gasteiger partial charge in [0.2, 0.25) is 0 Å². The van der Waals surface area contributed by atoms with Gasteiger partial charge in [-0.1, -0.05) is 0 Å². The van der Waals surface area contributed by atoms with Gasteiger partial charge in [-0.15, -0.1) is 5.10 Å². The molecule has 31 heavy (non-hydrogen) atoms. The molecule has 0 radical (unpaired) electrons. The van der Waals surface area contributed by atoms with E-state index in [2.05, 4.69) is 25.0 Å². The molecule has 1 aliphatic rings. The van der Waals surface area contributed by atoms with Crippen LogP contribution < -0.4 is 0 Å². The fraction of sp³-hybridized carbons (Fsp3) is 0.300. The van der Waals surface area contributed by atoms with E-state index in [1.54, 1.807) is 13.0 Å². The number of carbonyl (C=O) groups is 1. The Kier molecular flexibility index (Phi) is 5.25. The number of rotatable bonds is 5. The normalized spacial score (nSPS) is 14.5. The second-order valence-electron chi connectivity index (χ2n) is 7.03. The van der Waals surface area contributed by atoms with Crippen LogP contribution in [-0.2, 0) is 15.7 Å². The Morgan fingerprint density at radius 1 is 1.19 bits per heavy atom. The van der Waals surface area contributed by atoms with E-state index in [0.717, 1.165) is 18.9 Å². The van der Waals surface area contributed by atoms with Crippen LogP contribution in [0.15, 0.2) is 30.9 Å². The number of aryl methyl sites for hydroxylation is 1. The quantitative estimate of drug-likeness (QED) is 0.452. The van der Waals surface area contributed by atoms with Crippen molar-refractivity contribution in [3.05, 3.63) is 53.6 Å². The highest BCUT2D eigenvalue weighted by molar-refractivity contribution is 6.20. The molecule has 1 fully saturated rings. The molecule has 0 spiro atoms. The zero-order chi connectivity index (χ0) is 22.2. The summed E-state index contributed by atoms with van der Waals surface area (Å²) in [6.07, 6.45) is 2.59. The van der Waals surface area contributed by atoms with Gasteiger partial charge in [0, 0.05) is 41.3 Å². The standard InChI is InChI=1S/C20H17F3N6O2/c1-11-26-18(13-5-16(12-3-4-12)27-17(6-13)20(21,22)23)28-29(11)9-15(19(30)31-2)14-7-24-10-25-8-14/h5-10,12H,3-4H2,1-2H3/b15-9+. The smallest absolute Gasteiger partial charge is 0.433 e. The molecule has 160 valence electrons. The molecule has 0 unspecified atom stereocenters. The molecule has 8 nitrogen and oxygen atoms in total. The van der Waals surface area contributed by atoms with E-state index < -0.39 is 17.8 Å². The predicted octanol–water partition coefficient (Wildman–Crippen LogP) is 3.51. The van der Waals surface area contributed by atoms with Crippen molar-refractivity contribution < 1.29 is 22.7 Å². The summed E-state index contributed by atoms with van der Waals surface area (Å²) in [6.45, 7) is 1.62. The molecular formula is C20H17F3N6O2. The SMILES string of the molecule is COC(=O)/C(=C/n1nc(-c2cc(C3CC3)nc(C(F)(F)F)c2)nc1C)c1cncnc1. The lowest BCUT2D eigenvalue weighted by molar-refractivity contribution is -0.141. The summed E-state index contributed by atoms with van der Waals surface area (Å²) < 4.78 is 46.1. The summed E-state index contributed by atoms with van der Waals surface area (Å²) >= 11 is 0. The van der Waals surface area contributed by atoms with Crippen molar-refractivity contribution in [2.75, 3.05) is 7.11 Å². The van der Waals surface area contributed by atoms with Gasteiger partial charge in [-0.25, -0.2) is 29.4 Å². The number of hydrogen-bond acceptors (Lipinski definition) is 7. The van der Waals surface area contributed by atoms with Crippen LogP contribution in [0.3, 0.4) is 0 Å². The lowest BCUT2D eigenvalue weighted by Crippen LogP contribution is -2.10. The third-order valence-corrected chi connectivity index (χ3v) is 4.72. The van der Waals surface area contributed by atoms with Crippen LogP contribution in [0, 0.1) is 6.92 Å². The third-order valence-electron chi connectivity index (χ3n) is 4.72. The van der Waals surface area contributed by atoms with Gasteiger partial charge in [-0.05, 0) is 31.9 Å². The van der Waals surface area contributed by atoms with Gasteiger partial charge in [0.1, 0.15) is 17.8 Å². The van der Waals surface area contributed by atoms with Gasteiger partial charge >= 0.3 is 12.1 Å². The van der Waals surface area contributed by atoms with Crippen molar-refractivity contribution in [1.29, 1.82) is 0 Å². The molecule has 0 N–H and O–H groups in total. The lowest BCUT2D eigenvalue weighted by atomic mass is 10.1. The number of pyridine rings is 1. The number of alkyl halides is 3. The third kappa shape index (κ3) is 4.44. The molecule has 1 aliphatic carbocycles. The van der Waals surface area contributed by atoms with Crippen LogP contribution in [0.25, 0.3) is 23.2 Å². The fourth-order valence-corrected chi connectivity index (χ4v) is 2.98. The largest absolute Gasteiger partial charge is 0.465 e. The summed E-state index contributed by atoms with van der Waals surface area (Å²) in [4.78, 5) is 28.1. The van der Waals surface area contributed by atoms with Crippen LogP contribution in [0.5, 0.6) is 0 Å². The molecule has 0 amide bonds. The Labute approximate surface area is 174 Å². The Morgan fingerprint density at radius 2 is 1.90 bits per heavy atom. The van der Waals surface area contributed by atoms with Crippen molar-refractivity contribution in [3.63, 3.8) is 0 Å². The maximum atomic E-state index is 13.3. The van der Waals surface area contributed by atoms with Gasteiger partial charge in [-0.2, -0.15) is 13.2 Å². The Hall–Kier alpha value is -3.63. The molecular weight excluding hydrogens is 413 g/mol. The molecule has 1 saturated carbocycles. The number of methoxy groups -OCH3 is 1. The molecule has 4 rings (SSSR count). The van der Waals surface area contributed by atoms with E-state index in [1.165, 1.54) is 36.7 Å². The first kappa shape index (κ1) is 20.6. The Balaban J connectivity index is 1.78. The molecule has 0 atom stereocenters. The summed E-state index contributed by atoms with van der Waals surface area (Å²) in [6, 6.07) is 2.52. The minimum atomic E-state index is -4.58. The van der Waals surface area contributed by atoms with Gasteiger partial charge in [0.25, 0.3) is 0 Å². The summed E-state index contributed by atoms with van der Waals surface area (Å²) in [5, 5.41) is 4.29. The summed E-state index contributed by atoms with van der Waals surface area (Å²) in [5.41, 5.74) is 0.124. The second-order valence-corrected chi connectivity index (χ2v) is 7.03. The van der Waals surface area contributed by atoms with Crippen molar-refractivity contribution in [2.45, 2.75) is 31.9 Å². The Morgan fingerprint density at radius 3 is 2.52 bits per heavy atom. The van der Waals surface area contributed by atoms with Gasteiger partial charge in [0.05, 0.1) is 12.7 Å². The molecule has 0 aromatic carbocycles. The first-order chi connectivity index (χ1) is 14.8. The van der Waals surface area contributed by atoms with Crippen LogP contribution in [0.2, 0.25) is 0 Å². The van der Waals surface area contributed by atoms with Crippen LogP contribution >= 0.6 is 0 Å². The van der Waals surface area contributed by atoms with E-state index in [-0.39, 0.29) is 22.9 Å². The van der Waals surface area contributed by atoms with Gasteiger partial charge in [0.15, 0.2) is 5.82 Å². The van der Waals surface area contributed by atoms with Crippen molar-refractivity contribution >= 4 is 17.7 Å². The first-order valence-corrected chi connectivity index (χ1v) is 9.34. The van der Waals surface area contributed by atoms with Crippen LogP contribution in [-0.4, -0.2) is 42.8 Å². The number of ether oxygens (including phenoxy) is 1. The molecule has 0 saturated heterocycles. The highest BCUT2D eigenvalue weighted by atomic mass is 19.4. The maximum Gasteiger partial charge on any atom is 0.433 e. The number of hydrogen-bond donors (Lipinski definition) is 0. The number of nitrogens with zero attached hydrogens (tertiary/aromatic N) is 6. The predicted molar refractivity (Wildman–Crippen MR) is 103 cm³/mol. The van der Waals surface area contributed by atoms with E-state index in [4.69, 9.17) is 4.74 Å². The van der Waals surface area contributed by atoms with Crippen molar-refractivity contribution in [2.24, 2.45) is 0 Å². The topological polar surface area (TPSA) is 95.7 Å². The minimum Gasteiger partial charge on any atom is -0.465 e. The fourth-order valence-electron chi connectivity index (χ4n) is 2.98. The number of carbonyl (C=O) groups excluding carboxylic acids is 1. The monoisotopic (exact) mass is 430 g/mol. The molecule has 3 heterocycles. The van der Waals surface area contributed by atoms with Gasteiger partial charge < -0.3 is 4.74 Å². The summed E-state index contributed by atoms with van der Waals surface area (Å²) in [7, 11) is 1.23. The van der Waals surface area contributed by atoms with E-state index in [1.807, 2.05) is 0 Å². The average Bonchev–Trinajstić information content (AvgIpc) is 3.54. The molecule has 11 heteroatoms. The number of aromatic nitrogens is 6. The Bertz CT molecular complexity index is 1150. The molecule has 0 bridgehead atoms. The second kappa shape index (κ2) is 7.89. The highest BCUT2D eigenvalue weighted by Gasteiger charge is 2.36.